The molecule has 0 unspecified atom stereocenters. The van der Waals surface area contributed by atoms with Gasteiger partial charge in [-0.05, 0) is 53.2 Å². The first-order valence-corrected chi connectivity index (χ1v) is 16.5. The van der Waals surface area contributed by atoms with Crippen molar-refractivity contribution < 1.29 is 27.9 Å². The highest BCUT2D eigenvalue weighted by molar-refractivity contribution is 7.52. The number of benzene rings is 1. The van der Waals surface area contributed by atoms with Gasteiger partial charge in [-0.15, -0.1) is 0 Å². The standard InChI is InChI=1S/C31H43N6O6P/c1-7-9-17-31(6,20-41-44(39,43-26-16-12-13-18-33-26)36-22(5)30(38)42-21(3)4)37-25(19-40-8-2)35-27-28(37)23-14-10-11-15-24(23)34-29(27)32/h10-16,18,21-22H,7-9,17,19-20H2,1-6H3,(H2,32,34)(H,36,39)/t22-,31-,44-/m0/s1. The molecule has 4 rings (SSSR count). The van der Waals surface area contributed by atoms with Crippen LogP contribution in [0.3, 0.4) is 0 Å². The molecule has 238 valence electrons. The minimum atomic E-state index is -4.19. The van der Waals surface area contributed by atoms with Gasteiger partial charge in [-0.1, -0.05) is 44.0 Å². The molecule has 3 atom stereocenters. The molecule has 0 saturated heterocycles. The van der Waals surface area contributed by atoms with Crippen LogP contribution in [-0.4, -0.2) is 50.8 Å². The van der Waals surface area contributed by atoms with Gasteiger partial charge in [0.15, 0.2) is 5.82 Å². The number of carbonyl (C=O) groups excluding carboxylic acids is 1. The summed E-state index contributed by atoms with van der Waals surface area (Å²) in [4.78, 5) is 26.3. The number of rotatable bonds is 16. The Hall–Kier alpha value is -3.57. The Kier molecular flexibility index (Phi) is 11.0. The van der Waals surface area contributed by atoms with E-state index in [1.54, 1.807) is 39.0 Å². The lowest BCUT2D eigenvalue weighted by molar-refractivity contribution is -0.149. The third kappa shape index (κ3) is 7.74. The molecule has 0 bridgehead atoms. The van der Waals surface area contributed by atoms with Crippen LogP contribution in [-0.2, 0) is 35.5 Å². The Balaban J connectivity index is 1.81. The molecule has 0 aliphatic rings. The number of nitrogens with one attached hydrogen (secondary N) is 1. The van der Waals surface area contributed by atoms with E-state index in [4.69, 9.17) is 29.2 Å². The fourth-order valence-corrected chi connectivity index (χ4v) is 6.55. The number of nitrogen functional groups attached to an aromatic ring is 1. The molecule has 3 aromatic heterocycles. The fraction of sp³-hybridized carbons (Fsp3) is 0.484. The summed E-state index contributed by atoms with van der Waals surface area (Å²) in [5.41, 5.74) is 7.70. The molecule has 1 aromatic carbocycles. The number of pyridine rings is 2. The highest BCUT2D eigenvalue weighted by atomic mass is 31.2. The SMILES string of the molecule is CCCC[C@@](C)(CO[P@@](=O)(N[C@@H](C)C(=O)OC(C)C)Oc1ccccn1)n1c(COCC)nc2c(N)nc3ccccc3c21. The molecule has 0 amide bonds. The average Bonchev–Trinajstić information content (AvgIpc) is 3.39. The van der Waals surface area contributed by atoms with E-state index in [9.17, 15) is 9.36 Å². The molecule has 0 saturated carbocycles. The molecule has 12 nitrogen and oxygen atoms in total. The van der Waals surface area contributed by atoms with Crippen molar-refractivity contribution in [2.24, 2.45) is 0 Å². The summed E-state index contributed by atoms with van der Waals surface area (Å²) in [7, 11) is -4.19. The Labute approximate surface area is 258 Å². The van der Waals surface area contributed by atoms with Crippen molar-refractivity contribution in [1.29, 1.82) is 0 Å². The Morgan fingerprint density at radius 2 is 1.86 bits per heavy atom. The van der Waals surface area contributed by atoms with E-state index in [0.29, 0.717) is 30.2 Å². The van der Waals surface area contributed by atoms with Gasteiger partial charge in [-0.3, -0.25) is 9.32 Å². The van der Waals surface area contributed by atoms with Crippen molar-refractivity contribution in [3.8, 4) is 5.88 Å². The number of ether oxygens (including phenoxy) is 2. The number of hydrogen-bond donors (Lipinski definition) is 2. The van der Waals surface area contributed by atoms with Crippen molar-refractivity contribution >= 4 is 41.5 Å². The van der Waals surface area contributed by atoms with Crippen LogP contribution in [0, 0.1) is 0 Å². The normalized spacial score (nSPS) is 15.2. The van der Waals surface area contributed by atoms with E-state index >= 15 is 0 Å². The number of esters is 1. The molecule has 44 heavy (non-hydrogen) atoms. The van der Waals surface area contributed by atoms with Gasteiger partial charge in [-0.2, -0.15) is 5.09 Å². The van der Waals surface area contributed by atoms with Gasteiger partial charge in [0.1, 0.15) is 24.0 Å². The fourth-order valence-electron chi connectivity index (χ4n) is 4.99. The molecule has 0 aliphatic heterocycles. The summed E-state index contributed by atoms with van der Waals surface area (Å²) >= 11 is 0. The van der Waals surface area contributed by atoms with Crippen LogP contribution in [0.4, 0.5) is 5.82 Å². The Morgan fingerprint density at radius 1 is 1.11 bits per heavy atom. The Bertz CT molecular complexity index is 1610. The van der Waals surface area contributed by atoms with Crippen LogP contribution < -0.4 is 15.3 Å². The maximum atomic E-state index is 14.4. The molecule has 3 N–H and O–H groups in total. The molecule has 0 radical (unpaired) electrons. The van der Waals surface area contributed by atoms with E-state index in [2.05, 4.69) is 26.5 Å². The van der Waals surface area contributed by atoms with Crippen molar-refractivity contribution in [2.75, 3.05) is 18.9 Å². The summed E-state index contributed by atoms with van der Waals surface area (Å²) in [5.74, 6) is 0.433. The van der Waals surface area contributed by atoms with Gasteiger partial charge >= 0.3 is 13.7 Å². The second-order valence-corrected chi connectivity index (χ2v) is 12.9. The van der Waals surface area contributed by atoms with Crippen LogP contribution >= 0.6 is 7.75 Å². The van der Waals surface area contributed by atoms with Crippen molar-refractivity contribution in [3.63, 3.8) is 0 Å². The first-order chi connectivity index (χ1) is 21.0. The summed E-state index contributed by atoms with van der Waals surface area (Å²) < 4.78 is 39.7. The predicted molar refractivity (Wildman–Crippen MR) is 170 cm³/mol. The highest BCUT2D eigenvalue weighted by Crippen LogP contribution is 2.47. The number of unbranched alkanes of at least 4 members (excludes halogenated alkanes) is 1. The number of nitrogens with zero attached hydrogens (tertiary/aromatic N) is 4. The summed E-state index contributed by atoms with van der Waals surface area (Å²) in [6.07, 6.45) is 3.55. The maximum Gasteiger partial charge on any atom is 0.460 e. The molecular formula is C31H43N6O6P. The zero-order chi connectivity index (χ0) is 31.9. The minimum Gasteiger partial charge on any atom is -0.462 e. The zero-order valence-corrected chi connectivity index (χ0v) is 27.2. The summed E-state index contributed by atoms with van der Waals surface area (Å²) in [5, 5.41) is 3.63. The molecular weight excluding hydrogens is 583 g/mol. The van der Waals surface area contributed by atoms with Crippen LogP contribution in [0.1, 0.15) is 66.6 Å². The second-order valence-electron chi connectivity index (χ2n) is 11.2. The van der Waals surface area contributed by atoms with Gasteiger partial charge in [0.05, 0.1) is 29.3 Å². The molecule has 3 heterocycles. The quantitative estimate of drug-likeness (QED) is 0.109. The smallest absolute Gasteiger partial charge is 0.460 e. The van der Waals surface area contributed by atoms with E-state index in [0.717, 1.165) is 29.3 Å². The highest BCUT2D eigenvalue weighted by Gasteiger charge is 2.39. The van der Waals surface area contributed by atoms with Crippen LogP contribution in [0.15, 0.2) is 48.7 Å². The number of fused-ring (bicyclic) bond motifs is 3. The van der Waals surface area contributed by atoms with Gasteiger partial charge in [0.2, 0.25) is 5.88 Å². The third-order valence-corrected chi connectivity index (χ3v) is 8.69. The summed E-state index contributed by atoms with van der Waals surface area (Å²) in [6.45, 7) is 11.7. The third-order valence-electron chi connectivity index (χ3n) is 7.09. The lowest BCUT2D eigenvalue weighted by Crippen LogP contribution is -2.40. The number of imidazole rings is 1. The van der Waals surface area contributed by atoms with E-state index < -0.39 is 25.3 Å². The van der Waals surface area contributed by atoms with Crippen molar-refractivity contribution in [3.05, 3.63) is 54.5 Å². The zero-order valence-electron chi connectivity index (χ0n) is 26.3. The van der Waals surface area contributed by atoms with Gasteiger partial charge in [-0.25, -0.2) is 19.5 Å². The van der Waals surface area contributed by atoms with Gasteiger partial charge in [0, 0.05) is 24.3 Å². The maximum absolute atomic E-state index is 14.4. The predicted octanol–water partition coefficient (Wildman–Crippen LogP) is 6.14. The van der Waals surface area contributed by atoms with Crippen LogP contribution in [0.5, 0.6) is 5.88 Å². The minimum absolute atomic E-state index is 0.0722. The molecule has 0 spiro atoms. The number of aromatic nitrogens is 4. The number of anilines is 1. The number of hydrogen-bond acceptors (Lipinski definition) is 10. The summed E-state index contributed by atoms with van der Waals surface area (Å²) in [6, 6.07) is 11.7. The molecule has 0 aliphatic carbocycles. The van der Waals surface area contributed by atoms with E-state index in [1.165, 1.54) is 6.20 Å². The van der Waals surface area contributed by atoms with Gasteiger partial charge in [0.25, 0.3) is 0 Å². The van der Waals surface area contributed by atoms with Crippen molar-refractivity contribution in [2.45, 2.75) is 85.1 Å². The number of carbonyl (C=O) groups is 1. The molecule has 0 fully saturated rings. The molecule has 4 aromatic rings. The molecule has 13 heteroatoms. The monoisotopic (exact) mass is 626 g/mol. The topological polar surface area (TPSA) is 153 Å². The Morgan fingerprint density at radius 3 is 2.55 bits per heavy atom. The number of para-hydroxylation sites is 1. The van der Waals surface area contributed by atoms with E-state index in [-0.39, 0.29) is 25.2 Å². The lowest BCUT2D eigenvalue weighted by atomic mass is 9.94. The first kappa shape index (κ1) is 33.3. The second kappa shape index (κ2) is 14.5. The van der Waals surface area contributed by atoms with E-state index in [1.807, 2.05) is 38.1 Å². The van der Waals surface area contributed by atoms with Crippen LogP contribution in [0.2, 0.25) is 0 Å². The van der Waals surface area contributed by atoms with Gasteiger partial charge < -0.3 is 24.3 Å². The van der Waals surface area contributed by atoms with Crippen molar-refractivity contribution in [1.82, 2.24) is 24.6 Å². The average molecular weight is 627 g/mol. The van der Waals surface area contributed by atoms with Crippen LogP contribution in [0.25, 0.3) is 21.9 Å². The number of nitrogens with two attached hydrogens (primary N) is 1. The first-order valence-electron chi connectivity index (χ1n) is 15.0. The largest absolute Gasteiger partial charge is 0.462 e. The lowest BCUT2D eigenvalue weighted by Gasteiger charge is -2.35.